The molecule has 0 spiro atoms. The van der Waals surface area contributed by atoms with Gasteiger partial charge in [0.15, 0.2) is 0 Å². The molecule has 0 aromatic heterocycles. The van der Waals surface area contributed by atoms with Crippen molar-refractivity contribution in [1.29, 1.82) is 0 Å². The van der Waals surface area contributed by atoms with Crippen molar-refractivity contribution >= 4 is 12.3 Å². The fraction of sp³-hybridized carbons (Fsp3) is 0.429. The van der Waals surface area contributed by atoms with Gasteiger partial charge in [-0.1, -0.05) is 30.3 Å². The molecule has 1 aromatic carbocycles. The standard InChI is InChI=1S/C14H17NO3/c16-9-12-6-7-15-13(8-12)14(17)18-10-11-4-2-1-3-5-11/h1-5,9,12-13,15H,6-8,10H2. The summed E-state index contributed by atoms with van der Waals surface area (Å²) in [7, 11) is 0. The summed E-state index contributed by atoms with van der Waals surface area (Å²) in [6, 6.07) is 9.21. The first-order chi connectivity index (χ1) is 8.79. The Bertz CT molecular complexity index is 405. The summed E-state index contributed by atoms with van der Waals surface area (Å²) >= 11 is 0. The Morgan fingerprint density at radius 3 is 2.89 bits per heavy atom. The minimum atomic E-state index is -0.349. The Balaban J connectivity index is 1.82. The van der Waals surface area contributed by atoms with Crippen LogP contribution in [0.3, 0.4) is 0 Å². The molecule has 0 saturated carbocycles. The van der Waals surface area contributed by atoms with Gasteiger partial charge in [0.1, 0.15) is 18.9 Å². The number of rotatable bonds is 4. The SMILES string of the molecule is O=CC1CCNC(C(=O)OCc2ccccc2)C1. The molecule has 96 valence electrons. The first-order valence-electron chi connectivity index (χ1n) is 6.19. The molecule has 1 aliphatic rings. The van der Waals surface area contributed by atoms with Crippen molar-refractivity contribution in [1.82, 2.24) is 5.32 Å². The van der Waals surface area contributed by atoms with Gasteiger partial charge in [0.2, 0.25) is 0 Å². The van der Waals surface area contributed by atoms with Crippen LogP contribution in [0.15, 0.2) is 30.3 Å². The van der Waals surface area contributed by atoms with Crippen molar-refractivity contribution in [3.8, 4) is 0 Å². The molecule has 1 N–H and O–H groups in total. The minimum Gasteiger partial charge on any atom is -0.460 e. The van der Waals surface area contributed by atoms with Gasteiger partial charge in [0, 0.05) is 5.92 Å². The predicted molar refractivity (Wildman–Crippen MR) is 66.8 cm³/mol. The lowest BCUT2D eigenvalue weighted by molar-refractivity contribution is -0.148. The van der Waals surface area contributed by atoms with Gasteiger partial charge in [-0.15, -0.1) is 0 Å². The van der Waals surface area contributed by atoms with Crippen molar-refractivity contribution in [2.24, 2.45) is 5.92 Å². The van der Waals surface area contributed by atoms with Gasteiger partial charge in [0.05, 0.1) is 0 Å². The zero-order valence-corrected chi connectivity index (χ0v) is 10.2. The van der Waals surface area contributed by atoms with Crippen molar-refractivity contribution < 1.29 is 14.3 Å². The van der Waals surface area contributed by atoms with E-state index in [2.05, 4.69) is 5.32 Å². The molecule has 0 radical (unpaired) electrons. The van der Waals surface area contributed by atoms with Crippen LogP contribution in [-0.2, 0) is 20.9 Å². The van der Waals surface area contributed by atoms with Crippen LogP contribution in [0, 0.1) is 5.92 Å². The largest absolute Gasteiger partial charge is 0.460 e. The van der Waals surface area contributed by atoms with Crippen molar-refractivity contribution in [3.05, 3.63) is 35.9 Å². The second kappa shape index (κ2) is 6.31. The Morgan fingerprint density at radius 2 is 2.17 bits per heavy atom. The van der Waals surface area contributed by atoms with E-state index in [1.165, 1.54) is 0 Å². The normalized spacial score (nSPS) is 23.3. The average molecular weight is 247 g/mol. The lowest BCUT2D eigenvalue weighted by atomic mass is 9.94. The van der Waals surface area contributed by atoms with Gasteiger partial charge < -0.3 is 14.8 Å². The molecule has 4 nitrogen and oxygen atoms in total. The van der Waals surface area contributed by atoms with Crippen molar-refractivity contribution in [2.45, 2.75) is 25.5 Å². The third-order valence-corrected chi connectivity index (χ3v) is 3.15. The second-order valence-corrected chi connectivity index (χ2v) is 4.52. The number of aldehydes is 1. The van der Waals surface area contributed by atoms with Gasteiger partial charge in [-0.2, -0.15) is 0 Å². The highest BCUT2D eigenvalue weighted by molar-refractivity contribution is 5.76. The number of carbonyl (C=O) groups excluding carboxylic acids is 2. The molecule has 1 heterocycles. The van der Waals surface area contributed by atoms with Crippen LogP contribution in [-0.4, -0.2) is 24.8 Å². The highest BCUT2D eigenvalue weighted by Gasteiger charge is 2.27. The Morgan fingerprint density at radius 1 is 1.39 bits per heavy atom. The number of carbonyl (C=O) groups is 2. The van der Waals surface area contributed by atoms with Crippen LogP contribution in [0.5, 0.6) is 0 Å². The third-order valence-electron chi connectivity index (χ3n) is 3.15. The Labute approximate surface area is 106 Å². The monoisotopic (exact) mass is 247 g/mol. The summed E-state index contributed by atoms with van der Waals surface area (Å²) in [4.78, 5) is 22.6. The van der Waals surface area contributed by atoms with E-state index in [-0.39, 0.29) is 24.5 Å². The summed E-state index contributed by atoms with van der Waals surface area (Å²) in [6.07, 6.45) is 2.27. The van der Waals surface area contributed by atoms with Crippen LogP contribution >= 0.6 is 0 Å². The number of esters is 1. The van der Waals surface area contributed by atoms with E-state index < -0.39 is 0 Å². The van der Waals surface area contributed by atoms with Crippen LogP contribution in [0.4, 0.5) is 0 Å². The number of nitrogens with one attached hydrogen (secondary N) is 1. The molecule has 1 aliphatic heterocycles. The molecular formula is C14H17NO3. The molecule has 0 amide bonds. The molecule has 4 heteroatoms. The zero-order chi connectivity index (χ0) is 12.8. The van der Waals surface area contributed by atoms with E-state index >= 15 is 0 Å². The van der Waals surface area contributed by atoms with Crippen LogP contribution in [0.2, 0.25) is 0 Å². The zero-order valence-electron chi connectivity index (χ0n) is 10.2. The lowest BCUT2D eigenvalue weighted by Crippen LogP contribution is -2.44. The van der Waals surface area contributed by atoms with Crippen LogP contribution < -0.4 is 5.32 Å². The van der Waals surface area contributed by atoms with Crippen LogP contribution in [0.25, 0.3) is 0 Å². The fourth-order valence-corrected chi connectivity index (χ4v) is 2.08. The molecule has 18 heavy (non-hydrogen) atoms. The molecule has 1 fully saturated rings. The van der Waals surface area contributed by atoms with E-state index in [0.29, 0.717) is 13.0 Å². The number of benzene rings is 1. The Kier molecular flexibility index (Phi) is 4.47. The topological polar surface area (TPSA) is 55.4 Å². The number of ether oxygens (including phenoxy) is 1. The lowest BCUT2D eigenvalue weighted by Gasteiger charge is -2.25. The first-order valence-corrected chi connectivity index (χ1v) is 6.19. The number of hydrogen-bond acceptors (Lipinski definition) is 4. The van der Waals surface area contributed by atoms with Gasteiger partial charge in [-0.05, 0) is 24.9 Å². The molecule has 0 aliphatic carbocycles. The van der Waals surface area contributed by atoms with Crippen molar-refractivity contribution in [3.63, 3.8) is 0 Å². The summed E-state index contributed by atoms with van der Waals surface area (Å²) < 4.78 is 5.24. The van der Waals surface area contributed by atoms with E-state index in [4.69, 9.17) is 4.74 Å². The first kappa shape index (κ1) is 12.8. The van der Waals surface area contributed by atoms with Gasteiger partial charge in [0.25, 0.3) is 0 Å². The average Bonchev–Trinajstić information content (AvgIpc) is 2.46. The quantitative estimate of drug-likeness (QED) is 0.643. The smallest absolute Gasteiger partial charge is 0.323 e. The maximum Gasteiger partial charge on any atom is 0.323 e. The molecule has 2 unspecified atom stereocenters. The van der Waals surface area contributed by atoms with E-state index in [1.807, 2.05) is 30.3 Å². The van der Waals surface area contributed by atoms with Crippen molar-refractivity contribution in [2.75, 3.05) is 6.54 Å². The summed E-state index contributed by atoms with van der Waals surface area (Å²) in [5.41, 5.74) is 0.966. The molecule has 1 saturated heterocycles. The van der Waals surface area contributed by atoms with Crippen LogP contribution in [0.1, 0.15) is 18.4 Å². The highest BCUT2D eigenvalue weighted by atomic mass is 16.5. The fourth-order valence-electron chi connectivity index (χ4n) is 2.08. The van der Waals surface area contributed by atoms with Gasteiger partial charge >= 0.3 is 5.97 Å². The van der Waals surface area contributed by atoms with E-state index in [0.717, 1.165) is 18.3 Å². The molecule has 2 atom stereocenters. The van der Waals surface area contributed by atoms with Gasteiger partial charge in [-0.25, -0.2) is 0 Å². The maximum atomic E-state index is 11.8. The summed E-state index contributed by atoms with van der Waals surface area (Å²) in [5, 5.41) is 3.09. The molecule has 2 rings (SSSR count). The molecule has 0 bridgehead atoms. The molecule has 1 aromatic rings. The predicted octanol–water partition coefficient (Wildman–Crippen LogP) is 1.30. The van der Waals surface area contributed by atoms with E-state index in [9.17, 15) is 9.59 Å². The second-order valence-electron chi connectivity index (χ2n) is 4.52. The highest BCUT2D eigenvalue weighted by Crippen LogP contribution is 2.15. The maximum absolute atomic E-state index is 11.8. The number of piperidine rings is 1. The third kappa shape index (κ3) is 3.40. The minimum absolute atomic E-state index is 0.0273. The van der Waals surface area contributed by atoms with E-state index in [1.54, 1.807) is 0 Å². The number of hydrogen-bond donors (Lipinski definition) is 1. The Hall–Kier alpha value is -1.68. The van der Waals surface area contributed by atoms with Gasteiger partial charge in [-0.3, -0.25) is 4.79 Å². The summed E-state index contributed by atoms with van der Waals surface area (Å²) in [5.74, 6) is -0.300. The molecular weight excluding hydrogens is 230 g/mol. The summed E-state index contributed by atoms with van der Waals surface area (Å²) in [6.45, 7) is 0.970.